The van der Waals surface area contributed by atoms with Crippen LogP contribution >= 0.6 is 0 Å². The maximum Gasteiger partial charge on any atom is 0.118 e. The van der Waals surface area contributed by atoms with E-state index < -0.39 is 0 Å². The molecule has 0 spiro atoms. The van der Waals surface area contributed by atoms with E-state index in [9.17, 15) is 0 Å². The molecule has 4 rings (SSSR count). The highest BCUT2D eigenvalue weighted by molar-refractivity contribution is 6.08. The third-order valence-corrected chi connectivity index (χ3v) is 4.23. The lowest BCUT2D eigenvalue weighted by molar-refractivity contribution is 0.415. The summed E-state index contributed by atoms with van der Waals surface area (Å²) < 4.78 is 5.25. The van der Waals surface area contributed by atoms with Crippen molar-refractivity contribution >= 4 is 22.8 Å². The van der Waals surface area contributed by atoms with Gasteiger partial charge in [0.15, 0.2) is 0 Å². The molecule has 0 aromatic heterocycles. The standard InChI is InChI=1S/C21H18N2O/c1-24-18-13-11-16(12-14-18)20-15-23(17-7-3-2-4-8-17)21-10-6-5-9-19(21)22-20/h2-14H,15H2,1H3. The second-order valence-corrected chi connectivity index (χ2v) is 5.70. The van der Waals surface area contributed by atoms with Crippen LogP contribution in [0.3, 0.4) is 0 Å². The molecule has 118 valence electrons. The zero-order valence-corrected chi connectivity index (χ0v) is 13.5. The lowest BCUT2D eigenvalue weighted by Crippen LogP contribution is -2.28. The highest BCUT2D eigenvalue weighted by Gasteiger charge is 2.21. The molecule has 0 N–H and O–H groups in total. The van der Waals surface area contributed by atoms with Gasteiger partial charge in [0.25, 0.3) is 0 Å². The second-order valence-electron chi connectivity index (χ2n) is 5.70. The van der Waals surface area contributed by atoms with E-state index in [0.717, 1.165) is 34.9 Å². The Hall–Kier alpha value is -3.07. The third-order valence-electron chi connectivity index (χ3n) is 4.23. The van der Waals surface area contributed by atoms with Crippen molar-refractivity contribution in [2.75, 3.05) is 18.6 Å². The van der Waals surface area contributed by atoms with E-state index in [1.165, 1.54) is 5.69 Å². The van der Waals surface area contributed by atoms with E-state index >= 15 is 0 Å². The summed E-state index contributed by atoms with van der Waals surface area (Å²) in [5.74, 6) is 0.857. The fraction of sp³-hybridized carbons (Fsp3) is 0.0952. The van der Waals surface area contributed by atoms with Gasteiger partial charge in [-0.25, -0.2) is 4.99 Å². The molecule has 24 heavy (non-hydrogen) atoms. The normalized spacial score (nSPS) is 13.2. The maximum atomic E-state index is 5.25. The predicted molar refractivity (Wildman–Crippen MR) is 99.1 cm³/mol. The van der Waals surface area contributed by atoms with Gasteiger partial charge in [0.2, 0.25) is 0 Å². The van der Waals surface area contributed by atoms with E-state index in [2.05, 4.69) is 59.5 Å². The van der Waals surface area contributed by atoms with E-state index in [1.54, 1.807) is 7.11 Å². The van der Waals surface area contributed by atoms with Crippen LogP contribution in [-0.2, 0) is 0 Å². The summed E-state index contributed by atoms with van der Waals surface area (Å²) in [4.78, 5) is 7.19. The number of aliphatic imine (C=N–C) groups is 1. The van der Waals surface area contributed by atoms with Gasteiger partial charge in [0, 0.05) is 5.69 Å². The van der Waals surface area contributed by atoms with Gasteiger partial charge in [-0.2, -0.15) is 0 Å². The van der Waals surface area contributed by atoms with Crippen molar-refractivity contribution in [3.8, 4) is 5.75 Å². The number of fused-ring (bicyclic) bond motifs is 1. The minimum Gasteiger partial charge on any atom is -0.497 e. The zero-order valence-electron chi connectivity index (χ0n) is 13.5. The quantitative estimate of drug-likeness (QED) is 0.682. The average Bonchev–Trinajstić information content (AvgIpc) is 2.68. The summed E-state index contributed by atoms with van der Waals surface area (Å²) in [5.41, 5.74) is 5.48. The second kappa shape index (κ2) is 6.20. The summed E-state index contributed by atoms with van der Waals surface area (Å²) in [7, 11) is 1.68. The number of anilines is 2. The van der Waals surface area contributed by atoms with E-state index in [-0.39, 0.29) is 0 Å². The van der Waals surface area contributed by atoms with Gasteiger partial charge >= 0.3 is 0 Å². The molecule has 0 amide bonds. The largest absolute Gasteiger partial charge is 0.497 e. The Kier molecular flexibility index (Phi) is 3.75. The van der Waals surface area contributed by atoms with Crippen LogP contribution in [0.5, 0.6) is 5.75 Å². The van der Waals surface area contributed by atoms with Crippen LogP contribution in [0.15, 0.2) is 83.9 Å². The third kappa shape index (κ3) is 2.65. The van der Waals surface area contributed by atoms with Crippen molar-refractivity contribution in [3.63, 3.8) is 0 Å². The van der Waals surface area contributed by atoms with Crippen molar-refractivity contribution in [1.29, 1.82) is 0 Å². The van der Waals surface area contributed by atoms with Crippen LogP contribution in [0.1, 0.15) is 5.56 Å². The van der Waals surface area contributed by atoms with Crippen molar-refractivity contribution in [2.24, 2.45) is 4.99 Å². The Morgan fingerprint density at radius 2 is 1.54 bits per heavy atom. The van der Waals surface area contributed by atoms with Gasteiger partial charge in [-0.15, -0.1) is 0 Å². The van der Waals surface area contributed by atoms with Gasteiger partial charge in [0.1, 0.15) is 5.75 Å². The molecule has 3 nitrogen and oxygen atoms in total. The van der Waals surface area contributed by atoms with Crippen molar-refractivity contribution in [2.45, 2.75) is 0 Å². The molecular weight excluding hydrogens is 296 g/mol. The highest BCUT2D eigenvalue weighted by Crippen LogP contribution is 2.37. The first-order valence-electron chi connectivity index (χ1n) is 7.99. The van der Waals surface area contributed by atoms with Crippen molar-refractivity contribution < 1.29 is 4.74 Å². The van der Waals surface area contributed by atoms with Crippen molar-refractivity contribution in [3.05, 3.63) is 84.4 Å². The molecule has 1 aliphatic rings. The summed E-state index contributed by atoms with van der Waals surface area (Å²) >= 11 is 0. The molecule has 0 saturated carbocycles. The minimum absolute atomic E-state index is 0.743. The number of benzene rings is 3. The van der Waals surface area contributed by atoms with E-state index in [4.69, 9.17) is 9.73 Å². The van der Waals surface area contributed by atoms with Gasteiger partial charge in [-0.05, 0) is 54.1 Å². The topological polar surface area (TPSA) is 24.8 Å². The first kappa shape index (κ1) is 14.5. The molecule has 0 bridgehead atoms. The molecule has 0 saturated heterocycles. The number of hydrogen-bond donors (Lipinski definition) is 0. The van der Waals surface area contributed by atoms with Crippen LogP contribution in [0, 0.1) is 0 Å². The fourth-order valence-electron chi connectivity index (χ4n) is 2.98. The molecule has 3 aromatic rings. The average molecular weight is 314 g/mol. The number of methoxy groups -OCH3 is 1. The number of ether oxygens (including phenoxy) is 1. The lowest BCUT2D eigenvalue weighted by Gasteiger charge is -2.30. The van der Waals surface area contributed by atoms with Gasteiger partial charge in [-0.1, -0.05) is 30.3 Å². The SMILES string of the molecule is COc1ccc(C2=Nc3ccccc3N(c3ccccc3)C2)cc1. The van der Waals surface area contributed by atoms with Crippen molar-refractivity contribution in [1.82, 2.24) is 0 Å². The van der Waals surface area contributed by atoms with Crippen LogP contribution in [0.2, 0.25) is 0 Å². The summed E-state index contributed by atoms with van der Waals surface area (Å²) in [6.45, 7) is 0.743. The summed E-state index contributed by atoms with van der Waals surface area (Å²) in [6.07, 6.45) is 0. The Labute approximate surface area is 141 Å². The maximum absolute atomic E-state index is 5.25. The lowest BCUT2D eigenvalue weighted by atomic mass is 10.1. The van der Waals surface area contributed by atoms with E-state index in [0.29, 0.717) is 0 Å². The molecule has 0 unspecified atom stereocenters. The number of para-hydroxylation sites is 3. The van der Waals surface area contributed by atoms with Crippen LogP contribution in [0.4, 0.5) is 17.1 Å². The Morgan fingerprint density at radius 3 is 2.29 bits per heavy atom. The van der Waals surface area contributed by atoms with Crippen LogP contribution in [-0.4, -0.2) is 19.4 Å². The fourth-order valence-corrected chi connectivity index (χ4v) is 2.98. The first-order valence-corrected chi connectivity index (χ1v) is 7.99. The molecule has 0 aliphatic carbocycles. The monoisotopic (exact) mass is 314 g/mol. The molecule has 0 fully saturated rings. The smallest absolute Gasteiger partial charge is 0.118 e. The minimum atomic E-state index is 0.743. The molecule has 0 radical (unpaired) electrons. The van der Waals surface area contributed by atoms with Crippen LogP contribution < -0.4 is 9.64 Å². The van der Waals surface area contributed by atoms with Crippen LogP contribution in [0.25, 0.3) is 0 Å². The Bertz CT molecular complexity index is 870. The van der Waals surface area contributed by atoms with Gasteiger partial charge in [0.05, 0.1) is 30.7 Å². The molecule has 0 atom stereocenters. The molecule has 3 aromatic carbocycles. The summed E-state index contributed by atoms with van der Waals surface area (Å²) in [5, 5.41) is 0. The molecule has 1 heterocycles. The van der Waals surface area contributed by atoms with E-state index in [1.807, 2.05) is 24.3 Å². The summed E-state index contributed by atoms with van der Waals surface area (Å²) in [6, 6.07) is 26.8. The number of rotatable bonds is 3. The molecular formula is C21H18N2O. The predicted octanol–water partition coefficient (Wildman–Crippen LogP) is 4.97. The molecule has 1 aliphatic heterocycles. The highest BCUT2D eigenvalue weighted by atomic mass is 16.5. The van der Waals surface area contributed by atoms with Gasteiger partial charge in [-0.3, -0.25) is 0 Å². The first-order chi connectivity index (χ1) is 11.8. The number of hydrogen-bond acceptors (Lipinski definition) is 3. The van der Waals surface area contributed by atoms with Gasteiger partial charge < -0.3 is 9.64 Å². The Balaban J connectivity index is 1.78. The molecule has 3 heteroatoms. The number of nitrogens with zero attached hydrogens (tertiary/aromatic N) is 2. The zero-order chi connectivity index (χ0) is 16.4. The Morgan fingerprint density at radius 1 is 0.833 bits per heavy atom.